The lowest BCUT2D eigenvalue weighted by Gasteiger charge is -2.20. The van der Waals surface area contributed by atoms with Crippen LogP contribution in [0.25, 0.3) is 17.0 Å². The van der Waals surface area contributed by atoms with E-state index in [0.717, 1.165) is 52.3 Å². The first-order valence-electron chi connectivity index (χ1n) is 13.4. The highest BCUT2D eigenvalue weighted by molar-refractivity contribution is 8.26. The van der Waals surface area contributed by atoms with Crippen LogP contribution in [0, 0.1) is 5.41 Å². The molecule has 3 aromatic rings. The van der Waals surface area contributed by atoms with Gasteiger partial charge in [-0.15, -0.1) is 0 Å². The molecule has 0 aliphatic carbocycles. The number of carbonyl (C=O) groups excluding carboxylic acids is 1. The van der Waals surface area contributed by atoms with Gasteiger partial charge in [-0.1, -0.05) is 50.8 Å². The first-order chi connectivity index (χ1) is 19.1. The van der Waals surface area contributed by atoms with Crippen molar-refractivity contribution in [3.05, 3.63) is 65.9 Å². The monoisotopic (exact) mass is 543 g/mol. The molecule has 1 N–H and O–H groups in total. The van der Waals surface area contributed by atoms with Crippen molar-refractivity contribution < 1.29 is 14.3 Å². The van der Waals surface area contributed by atoms with Gasteiger partial charge >= 0.3 is 0 Å². The van der Waals surface area contributed by atoms with Crippen LogP contribution in [0.5, 0.6) is 11.5 Å². The molecule has 2 aliphatic heterocycles. The number of nitrogens with one attached hydrogen (secondary N) is 1. The number of nitrogens with zero attached hydrogens (tertiary/aromatic N) is 4. The van der Waals surface area contributed by atoms with Crippen LogP contribution in [0.1, 0.15) is 51.0 Å². The summed E-state index contributed by atoms with van der Waals surface area (Å²) in [6.45, 7) is 3.30. The SMILES string of the molecule is CCCCCCCC1=NN2C(=N)C(=Cc3cn(CCOc4ccc(OC)cc4)c4ccccc34)C(=O)N=C2S1. The van der Waals surface area contributed by atoms with Gasteiger partial charge < -0.3 is 14.0 Å². The van der Waals surface area contributed by atoms with E-state index in [1.165, 1.54) is 36.0 Å². The molecule has 0 radical (unpaired) electrons. The van der Waals surface area contributed by atoms with Gasteiger partial charge in [-0.3, -0.25) is 10.2 Å². The van der Waals surface area contributed by atoms with Gasteiger partial charge in [0, 0.05) is 22.7 Å². The minimum absolute atomic E-state index is 0.0677. The van der Waals surface area contributed by atoms with Crippen LogP contribution >= 0.6 is 11.8 Å². The van der Waals surface area contributed by atoms with E-state index in [1.807, 2.05) is 54.7 Å². The summed E-state index contributed by atoms with van der Waals surface area (Å²) >= 11 is 1.40. The average molecular weight is 544 g/mol. The molecule has 8 nitrogen and oxygen atoms in total. The smallest absolute Gasteiger partial charge is 0.283 e. The highest BCUT2D eigenvalue weighted by atomic mass is 32.2. The molecule has 1 amide bonds. The molecule has 2 aromatic carbocycles. The molecule has 0 spiro atoms. The summed E-state index contributed by atoms with van der Waals surface area (Å²) in [7, 11) is 1.64. The Morgan fingerprint density at radius 3 is 2.59 bits per heavy atom. The first kappa shape index (κ1) is 26.7. The summed E-state index contributed by atoms with van der Waals surface area (Å²) in [5.74, 6) is 1.22. The lowest BCUT2D eigenvalue weighted by atomic mass is 10.1. The van der Waals surface area contributed by atoms with Crippen molar-refractivity contribution in [3.63, 3.8) is 0 Å². The first-order valence-corrected chi connectivity index (χ1v) is 14.2. The molecule has 202 valence electrons. The van der Waals surface area contributed by atoms with Gasteiger partial charge in [-0.2, -0.15) is 15.1 Å². The number of fused-ring (bicyclic) bond motifs is 2. The van der Waals surface area contributed by atoms with E-state index in [1.54, 1.807) is 13.2 Å². The second-order valence-corrected chi connectivity index (χ2v) is 10.5. The number of hydrogen-bond acceptors (Lipinski definition) is 6. The Morgan fingerprint density at radius 1 is 1.03 bits per heavy atom. The van der Waals surface area contributed by atoms with E-state index >= 15 is 0 Å². The van der Waals surface area contributed by atoms with Crippen molar-refractivity contribution in [3.8, 4) is 11.5 Å². The molecule has 3 heterocycles. The van der Waals surface area contributed by atoms with E-state index in [2.05, 4.69) is 21.6 Å². The number of hydrazone groups is 1. The van der Waals surface area contributed by atoms with Gasteiger partial charge in [0.25, 0.3) is 5.91 Å². The highest BCUT2D eigenvalue weighted by Gasteiger charge is 2.35. The third kappa shape index (κ3) is 6.09. The van der Waals surface area contributed by atoms with Crippen LogP contribution in [0.2, 0.25) is 0 Å². The molecular weight excluding hydrogens is 510 g/mol. The van der Waals surface area contributed by atoms with E-state index in [9.17, 15) is 4.79 Å². The van der Waals surface area contributed by atoms with Gasteiger partial charge in [0.05, 0.1) is 19.2 Å². The number of unbranched alkanes of at least 4 members (excludes halogenated alkanes) is 4. The lowest BCUT2D eigenvalue weighted by Crippen LogP contribution is -2.35. The number of aromatic nitrogens is 1. The number of amides is 1. The van der Waals surface area contributed by atoms with Gasteiger partial charge in [0.15, 0.2) is 5.84 Å². The van der Waals surface area contributed by atoms with E-state index in [-0.39, 0.29) is 11.4 Å². The zero-order chi connectivity index (χ0) is 27.2. The molecular formula is C30H33N5O3S. The van der Waals surface area contributed by atoms with Crippen molar-refractivity contribution >= 4 is 50.7 Å². The number of hydrogen-bond donors (Lipinski definition) is 1. The van der Waals surface area contributed by atoms with Gasteiger partial charge in [-0.25, -0.2) is 0 Å². The maximum absolute atomic E-state index is 13.0. The molecule has 9 heteroatoms. The summed E-state index contributed by atoms with van der Waals surface area (Å²) in [5, 5.41) is 17.3. The average Bonchev–Trinajstić information content (AvgIpc) is 3.52. The maximum Gasteiger partial charge on any atom is 0.283 e. The number of aliphatic imine (C=N–C) groups is 1. The van der Waals surface area contributed by atoms with Crippen LogP contribution in [0.15, 0.2) is 70.4 Å². The normalized spacial score (nSPS) is 16.1. The van der Waals surface area contributed by atoms with Crippen LogP contribution < -0.4 is 9.47 Å². The third-order valence-corrected chi connectivity index (χ3v) is 7.74. The Morgan fingerprint density at radius 2 is 1.79 bits per heavy atom. The molecule has 0 saturated heterocycles. The molecule has 0 atom stereocenters. The lowest BCUT2D eigenvalue weighted by molar-refractivity contribution is -0.114. The third-order valence-electron chi connectivity index (χ3n) is 6.77. The molecule has 0 fully saturated rings. The second-order valence-electron chi connectivity index (χ2n) is 9.50. The number of carbonyl (C=O) groups is 1. The van der Waals surface area contributed by atoms with Crippen LogP contribution in [0.4, 0.5) is 0 Å². The Balaban J connectivity index is 1.31. The highest BCUT2D eigenvalue weighted by Crippen LogP contribution is 2.31. The zero-order valence-electron chi connectivity index (χ0n) is 22.4. The minimum Gasteiger partial charge on any atom is -0.497 e. The van der Waals surface area contributed by atoms with Gasteiger partial charge in [0.1, 0.15) is 23.1 Å². The van der Waals surface area contributed by atoms with Crippen molar-refractivity contribution in [2.75, 3.05) is 13.7 Å². The molecule has 0 bridgehead atoms. The predicted octanol–water partition coefficient (Wildman–Crippen LogP) is 6.71. The van der Waals surface area contributed by atoms with Gasteiger partial charge in [-0.05, 0) is 61.0 Å². The Kier molecular flexibility index (Phi) is 8.46. The number of rotatable bonds is 12. The number of para-hydroxylation sites is 1. The standard InChI is InChI=1S/C30H33N5O3S/c1-3-4-5-6-7-12-27-33-35-28(31)25(29(36)32-30(35)39-27)19-21-20-34(26-11-9-8-10-24(21)26)17-18-38-23-15-13-22(37-2)14-16-23/h8-11,13-16,19-20,31H,3-7,12,17-18H2,1-2H3. The predicted molar refractivity (Wildman–Crippen MR) is 159 cm³/mol. The van der Waals surface area contributed by atoms with E-state index in [0.29, 0.717) is 18.3 Å². The molecule has 2 aliphatic rings. The largest absolute Gasteiger partial charge is 0.497 e. The van der Waals surface area contributed by atoms with E-state index < -0.39 is 5.91 Å². The number of amidine groups is 2. The minimum atomic E-state index is -0.405. The summed E-state index contributed by atoms with van der Waals surface area (Å²) in [6, 6.07) is 15.5. The maximum atomic E-state index is 13.0. The Hall–Kier alpha value is -3.85. The number of benzene rings is 2. The Labute approximate surface area is 232 Å². The van der Waals surface area contributed by atoms with Crippen molar-refractivity contribution in [1.29, 1.82) is 5.41 Å². The molecule has 0 saturated carbocycles. The van der Waals surface area contributed by atoms with Gasteiger partial charge in [0.2, 0.25) is 5.17 Å². The van der Waals surface area contributed by atoms with Crippen LogP contribution in [0.3, 0.4) is 0 Å². The number of methoxy groups -OCH3 is 1. The quantitative estimate of drug-likeness (QED) is 0.202. The fourth-order valence-electron chi connectivity index (χ4n) is 4.68. The summed E-state index contributed by atoms with van der Waals surface area (Å²) in [5.41, 5.74) is 2.13. The molecule has 1 aromatic heterocycles. The van der Waals surface area contributed by atoms with Crippen molar-refractivity contribution in [2.45, 2.75) is 52.0 Å². The van der Waals surface area contributed by atoms with Crippen molar-refractivity contribution in [1.82, 2.24) is 9.58 Å². The molecule has 0 unspecified atom stereocenters. The molecule has 39 heavy (non-hydrogen) atoms. The topological polar surface area (TPSA) is 92.3 Å². The van der Waals surface area contributed by atoms with E-state index in [4.69, 9.17) is 14.9 Å². The van der Waals surface area contributed by atoms with Crippen LogP contribution in [-0.2, 0) is 11.3 Å². The Bertz CT molecular complexity index is 1460. The number of thioether (sulfide) groups is 1. The summed E-state index contributed by atoms with van der Waals surface area (Å²) in [4.78, 5) is 17.3. The molecule has 5 rings (SSSR count). The fourth-order valence-corrected chi connectivity index (χ4v) is 5.60. The van der Waals surface area contributed by atoms with Crippen molar-refractivity contribution in [2.24, 2.45) is 10.1 Å². The number of ether oxygens (including phenoxy) is 2. The second kappa shape index (κ2) is 12.3. The zero-order valence-corrected chi connectivity index (χ0v) is 23.2. The van der Waals surface area contributed by atoms with Crippen LogP contribution in [-0.4, -0.2) is 45.2 Å². The summed E-state index contributed by atoms with van der Waals surface area (Å²) < 4.78 is 13.2. The fraction of sp³-hybridized carbons (Fsp3) is 0.333. The summed E-state index contributed by atoms with van der Waals surface area (Å²) in [6.07, 6.45) is 10.5.